The van der Waals surface area contributed by atoms with Crippen LogP contribution in [0.4, 0.5) is 11.5 Å². The molecule has 0 bridgehead atoms. The Balaban J connectivity index is 1.55. The van der Waals surface area contributed by atoms with Gasteiger partial charge in [-0.1, -0.05) is 22.0 Å². The predicted octanol–water partition coefficient (Wildman–Crippen LogP) is 2.45. The van der Waals surface area contributed by atoms with Crippen molar-refractivity contribution in [2.24, 2.45) is 7.05 Å². The van der Waals surface area contributed by atoms with E-state index >= 15 is 0 Å². The van der Waals surface area contributed by atoms with Crippen molar-refractivity contribution in [1.29, 1.82) is 0 Å². The fourth-order valence-corrected chi connectivity index (χ4v) is 3.40. The summed E-state index contributed by atoms with van der Waals surface area (Å²) < 4.78 is 3.04. The van der Waals surface area contributed by atoms with Crippen LogP contribution in [-0.4, -0.2) is 45.7 Å². The average Bonchev–Trinajstić information content (AvgIpc) is 2.97. The molecule has 0 N–H and O–H groups in total. The van der Waals surface area contributed by atoms with Gasteiger partial charge in [-0.05, 0) is 18.2 Å². The fourth-order valence-electron chi connectivity index (χ4n) is 3.01. The monoisotopic (exact) mass is 372 g/mol. The molecule has 3 aromatic rings. The van der Waals surface area contributed by atoms with Gasteiger partial charge in [-0.3, -0.25) is 0 Å². The Bertz CT molecular complexity index is 837. The maximum absolute atomic E-state index is 4.47. The predicted molar refractivity (Wildman–Crippen MR) is 94.9 cm³/mol. The third-order valence-electron chi connectivity index (χ3n) is 4.23. The first-order chi connectivity index (χ1) is 11.2. The van der Waals surface area contributed by atoms with E-state index in [-0.39, 0.29) is 0 Å². The standard InChI is InChI=1S/C16H17BrN6/c1-21-11-20-14-15(21)18-10-19-16(14)23-7-5-22(6-8-23)13-4-2-3-12(17)9-13/h2-4,9-11H,5-8H2,1H3. The van der Waals surface area contributed by atoms with E-state index in [1.54, 1.807) is 12.7 Å². The van der Waals surface area contributed by atoms with Gasteiger partial charge in [0, 0.05) is 43.4 Å². The molecule has 6 nitrogen and oxygen atoms in total. The highest BCUT2D eigenvalue weighted by Crippen LogP contribution is 2.25. The Labute approximate surface area is 142 Å². The van der Waals surface area contributed by atoms with Crippen LogP contribution in [0.3, 0.4) is 0 Å². The number of imidazole rings is 1. The van der Waals surface area contributed by atoms with Crippen molar-refractivity contribution in [1.82, 2.24) is 19.5 Å². The Hall–Kier alpha value is -2.15. The summed E-state index contributed by atoms with van der Waals surface area (Å²) in [5, 5.41) is 0. The van der Waals surface area contributed by atoms with Crippen molar-refractivity contribution < 1.29 is 0 Å². The number of aromatic nitrogens is 4. The summed E-state index contributed by atoms with van der Waals surface area (Å²) in [6.45, 7) is 3.79. The molecule has 23 heavy (non-hydrogen) atoms. The van der Waals surface area contributed by atoms with Crippen molar-refractivity contribution in [2.45, 2.75) is 0 Å². The Morgan fingerprint density at radius 3 is 2.57 bits per heavy atom. The summed E-state index contributed by atoms with van der Waals surface area (Å²) >= 11 is 3.54. The molecule has 1 saturated heterocycles. The number of nitrogens with zero attached hydrogens (tertiary/aromatic N) is 6. The normalized spacial score (nSPS) is 15.4. The number of benzene rings is 1. The number of hydrogen-bond donors (Lipinski definition) is 0. The molecule has 2 aromatic heterocycles. The van der Waals surface area contributed by atoms with Crippen LogP contribution in [0.1, 0.15) is 0 Å². The molecule has 3 heterocycles. The van der Waals surface area contributed by atoms with E-state index in [9.17, 15) is 0 Å². The van der Waals surface area contributed by atoms with E-state index in [2.05, 4.69) is 64.9 Å². The lowest BCUT2D eigenvalue weighted by Crippen LogP contribution is -2.47. The summed E-state index contributed by atoms with van der Waals surface area (Å²) in [6.07, 6.45) is 3.42. The Morgan fingerprint density at radius 1 is 1.00 bits per heavy atom. The Morgan fingerprint density at radius 2 is 1.78 bits per heavy atom. The van der Waals surface area contributed by atoms with Gasteiger partial charge in [-0.25, -0.2) is 15.0 Å². The zero-order valence-electron chi connectivity index (χ0n) is 12.9. The van der Waals surface area contributed by atoms with E-state index in [1.165, 1.54) is 5.69 Å². The van der Waals surface area contributed by atoms with Crippen LogP contribution in [0.15, 0.2) is 41.4 Å². The number of rotatable bonds is 2. The second-order valence-corrected chi connectivity index (χ2v) is 6.59. The van der Waals surface area contributed by atoms with Gasteiger partial charge in [0.25, 0.3) is 0 Å². The van der Waals surface area contributed by atoms with Gasteiger partial charge in [0.05, 0.1) is 6.33 Å². The summed E-state index contributed by atoms with van der Waals surface area (Å²) in [5.74, 6) is 0.935. The second-order valence-electron chi connectivity index (χ2n) is 5.68. The first-order valence-corrected chi connectivity index (χ1v) is 8.39. The van der Waals surface area contributed by atoms with Crippen LogP contribution < -0.4 is 9.80 Å². The molecule has 0 amide bonds. The average molecular weight is 373 g/mol. The lowest BCUT2D eigenvalue weighted by molar-refractivity contribution is 0.648. The molecule has 0 spiro atoms. The highest BCUT2D eigenvalue weighted by atomic mass is 79.9. The van der Waals surface area contributed by atoms with Crippen molar-refractivity contribution >= 4 is 38.6 Å². The van der Waals surface area contributed by atoms with Crippen molar-refractivity contribution in [3.63, 3.8) is 0 Å². The minimum atomic E-state index is 0.879. The van der Waals surface area contributed by atoms with Gasteiger partial charge in [0.1, 0.15) is 6.33 Å². The van der Waals surface area contributed by atoms with E-state index < -0.39 is 0 Å². The van der Waals surface area contributed by atoms with Gasteiger partial charge in [-0.2, -0.15) is 0 Å². The van der Waals surface area contributed by atoms with Gasteiger partial charge in [0.15, 0.2) is 17.0 Å². The summed E-state index contributed by atoms with van der Waals surface area (Å²) in [7, 11) is 1.96. The summed E-state index contributed by atoms with van der Waals surface area (Å²) in [5.41, 5.74) is 3.01. The molecule has 0 aliphatic carbocycles. The highest BCUT2D eigenvalue weighted by molar-refractivity contribution is 9.10. The maximum atomic E-state index is 4.47. The minimum absolute atomic E-state index is 0.879. The molecule has 1 aliphatic heterocycles. The number of halogens is 1. The molecule has 0 saturated carbocycles. The van der Waals surface area contributed by atoms with Crippen LogP contribution in [0, 0.1) is 0 Å². The van der Waals surface area contributed by atoms with E-state index in [0.717, 1.165) is 47.6 Å². The molecule has 0 atom stereocenters. The van der Waals surface area contributed by atoms with E-state index in [0.29, 0.717) is 0 Å². The second kappa shape index (κ2) is 5.81. The molecule has 0 radical (unpaired) electrons. The molecule has 4 rings (SSSR count). The first kappa shape index (κ1) is 14.4. The topological polar surface area (TPSA) is 50.1 Å². The first-order valence-electron chi connectivity index (χ1n) is 7.60. The van der Waals surface area contributed by atoms with Gasteiger partial charge < -0.3 is 14.4 Å². The molecule has 1 aliphatic rings. The minimum Gasteiger partial charge on any atom is -0.368 e. The number of anilines is 2. The molecule has 1 aromatic carbocycles. The van der Waals surface area contributed by atoms with Crippen LogP contribution in [0.5, 0.6) is 0 Å². The molecule has 118 valence electrons. The molecule has 0 unspecified atom stereocenters. The number of aryl methyl sites for hydroxylation is 1. The SMILES string of the molecule is Cn1cnc2c(N3CCN(c4cccc(Br)c4)CC3)ncnc21. The maximum Gasteiger partial charge on any atom is 0.165 e. The number of piperazine rings is 1. The van der Waals surface area contributed by atoms with Gasteiger partial charge in [-0.15, -0.1) is 0 Å². The quantitative estimate of drug-likeness (QED) is 0.691. The molecular formula is C16H17BrN6. The smallest absolute Gasteiger partial charge is 0.165 e. The van der Waals surface area contributed by atoms with Crippen LogP contribution in [-0.2, 0) is 7.05 Å². The molecule has 7 heteroatoms. The van der Waals surface area contributed by atoms with Gasteiger partial charge >= 0.3 is 0 Å². The van der Waals surface area contributed by atoms with Crippen LogP contribution in [0.2, 0.25) is 0 Å². The van der Waals surface area contributed by atoms with E-state index in [4.69, 9.17) is 0 Å². The van der Waals surface area contributed by atoms with Crippen molar-refractivity contribution in [3.8, 4) is 0 Å². The van der Waals surface area contributed by atoms with Crippen LogP contribution in [0.25, 0.3) is 11.2 Å². The zero-order chi connectivity index (χ0) is 15.8. The fraction of sp³-hybridized carbons (Fsp3) is 0.312. The highest BCUT2D eigenvalue weighted by Gasteiger charge is 2.21. The van der Waals surface area contributed by atoms with Gasteiger partial charge in [0.2, 0.25) is 0 Å². The third kappa shape index (κ3) is 2.65. The Kier molecular flexibility index (Phi) is 3.65. The van der Waals surface area contributed by atoms with E-state index in [1.807, 2.05) is 11.6 Å². The third-order valence-corrected chi connectivity index (χ3v) is 4.72. The number of hydrogen-bond acceptors (Lipinski definition) is 5. The molecule has 1 fully saturated rings. The van der Waals surface area contributed by atoms with Crippen molar-refractivity contribution in [3.05, 3.63) is 41.4 Å². The zero-order valence-corrected chi connectivity index (χ0v) is 14.4. The lowest BCUT2D eigenvalue weighted by atomic mass is 10.2. The van der Waals surface area contributed by atoms with Crippen molar-refractivity contribution in [2.75, 3.05) is 36.0 Å². The molecular weight excluding hydrogens is 356 g/mol. The van der Waals surface area contributed by atoms with Crippen LogP contribution >= 0.6 is 15.9 Å². The number of fused-ring (bicyclic) bond motifs is 1. The lowest BCUT2D eigenvalue weighted by Gasteiger charge is -2.36. The largest absolute Gasteiger partial charge is 0.368 e. The summed E-state index contributed by atoms with van der Waals surface area (Å²) in [6, 6.07) is 8.45. The summed E-state index contributed by atoms with van der Waals surface area (Å²) in [4.78, 5) is 17.9.